The van der Waals surface area contributed by atoms with Crippen LogP contribution in [0.4, 0.5) is 14.5 Å². The maximum absolute atomic E-state index is 13.7. The molecule has 0 spiro atoms. The zero-order valence-corrected chi connectivity index (χ0v) is 14.1. The maximum Gasteiger partial charge on any atom is 0.246 e. The van der Waals surface area contributed by atoms with Crippen molar-refractivity contribution in [1.29, 1.82) is 0 Å². The molecule has 0 saturated carbocycles. The molecule has 2 atom stereocenters. The summed E-state index contributed by atoms with van der Waals surface area (Å²) in [4.78, 5) is 24.3. The van der Waals surface area contributed by atoms with Crippen LogP contribution < -0.4 is 10.6 Å². The summed E-state index contributed by atoms with van der Waals surface area (Å²) >= 11 is 0. The predicted molar refractivity (Wildman–Crippen MR) is 91.9 cm³/mol. The zero-order chi connectivity index (χ0) is 18.4. The maximum atomic E-state index is 13.7. The molecule has 25 heavy (non-hydrogen) atoms. The summed E-state index contributed by atoms with van der Waals surface area (Å²) in [6.45, 7) is 3.16. The van der Waals surface area contributed by atoms with Crippen molar-refractivity contribution < 1.29 is 18.4 Å². The number of rotatable bonds is 6. The molecule has 0 aromatic heterocycles. The lowest BCUT2D eigenvalue weighted by atomic mass is 9.99. The molecule has 2 aromatic rings. The van der Waals surface area contributed by atoms with E-state index < -0.39 is 23.7 Å². The quantitative estimate of drug-likeness (QED) is 0.843. The Morgan fingerprint density at radius 1 is 0.920 bits per heavy atom. The van der Waals surface area contributed by atoms with E-state index in [1.54, 1.807) is 31.2 Å². The van der Waals surface area contributed by atoms with Crippen LogP contribution in [0.5, 0.6) is 0 Å². The molecule has 2 rings (SSSR count). The zero-order valence-electron chi connectivity index (χ0n) is 14.1. The summed E-state index contributed by atoms with van der Waals surface area (Å²) in [6.07, 6.45) is 0.222. The lowest BCUT2D eigenvalue weighted by Gasteiger charge is -2.18. The van der Waals surface area contributed by atoms with Gasteiger partial charge in [-0.05, 0) is 37.1 Å². The molecular formula is C19H20F2N2O2. The van der Waals surface area contributed by atoms with Crippen molar-refractivity contribution in [2.75, 3.05) is 5.32 Å². The second-order valence-corrected chi connectivity index (χ2v) is 5.90. The average Bonchev–Trinajstić information content (AvgIpc) is 2.58. The average molecular weight is 346 g/mol. The Balaban J connectivity index is 1.91. The van der Waals surface area contributed by atoms with E-state index in [1.807, 2.05) is 0 Å². The second kappa shape index (κ2) is 8.37. The Hall–Kier alpha value is -2.76. The van der Waals surface area contributed by atoms with Gasteiger partial charge in [0.2, 0.25) is 11.8 Å². The summed E-state index contributed by atoms with van der Waals surface area (Å²) < 4.78 is 27.2. The number of anilines is 1. The third kappa shape index (κ3) is 5.11. The van der Waals surface area contributed by atoms with Gasteiger partial charge in [0.25, 0.3) is 0 Å². The highest BCUT2D eigenvalue weighted by molar-refractivity contribution is 5.97. The first-order valence-electron chi connectivity index (χ1n) is 7.97. The van der Waals surface area contributed by atoms with Crippen LogP contribution in [-0.4, -0.2) is 17.9 Å². The van der Waals surface area contributed by atoms with Crippen LogP contribution in [0.15, 0.2) is 48.5 Å². The van der Waals surface area contributed by atoms with Crippen LogP contribution in [-0.2, 0) is 16.0 Å². The standard InChI is InChI=1S/C19H20F2N2O2/c1-12(11-14-7-3-4-8-15(14)20)18(24)22-13(2)19(25)23-17-10-6-5-9-16(17)21/h3-10,12-13H,11H2,1-2H3,(H,22,24)(H,23,25). The summed E-state index contributed by atoms with van der Waals surface area (Å²) in [5.74, 6) is -2.34. The molecule has 2 N–H and O–H groups in total. The molecule has 0 radical (unpaired) electrons. The van der Waals surface area contributed by atoms with Gasteiger partial charge < -0.3 is 10.6 Å². The molecule has 0 fully saturated rings. The smallest absolute Gasteiger partial charge is 0.246 e. The van der Waals surface area contributed by atoms with Gasteiger partial charge in [-0.2, -0.15) is 0 Å². The molecule has 6 heteroatoms. The van der Waals surface area contributed by atoms with E-state index in [-0.39, 0.29) is 23.8 Å². The first-order valence-corrected chi connectivity index (χ1v) is 7.97. The summed E-state index contributed by atoms with van der Waals surface area (Å²) in [5.41, 5.74) is 0.488. The van der Waals surface area contributed by atoms with Gasteiger partial charge in [-0.15, -0.1) is 0 Å². The lowest BCUT2D eigenvalue weighted by Crippen LogP contribution is -2.44. The topological polar surface area (TPSA) is 58.2 Å². The monoisotopic (exact) mass is 346 g/mol. The molecule has 2 aromatic carbocycles. The number of carbonyl (C=O) groups is 2. The van der Waals surface area contributed by atoms with Gasteiger partial charge >= 0.3 is 0 Å². The highest BCUT2D eigenvalue weighted by Crippen LogP contribution is 2.14. The van der Waals surface area contributed by atoms with Crippen molar-refractivity contribution in [3.05, 3.63) is 65.7 Å². The minimum Gasteiger partial charge on any atom is -0.344 e. The van der Waals surface area contributed by atoms with E-state index in [2.05, 4.69) is 10.6 Å². The largest absolute Gasteiger partial charge is 0.344 e. The number of hydrogen-bond acceptors (Lipinski definition) is 2. The van der Waals surface area contributed by atoms with Crippen molar-refractivity contribution in [2.45, 2.75) is 26.3 Å². The van der Waals surface area contributed by atoms with Crippen LogP contribution in [0.25, 0.3) is 0 Å². The number of hydrogen-bond donors (Lipinski definition) is 2. The van der Waals surface area contributed by atoms with Crippen molar-refractivity contribution >= 4 is 17.5 Å². The van der Waals surface area contributed by atoms with E-state index in [9.17, 15) is 18.4 Å². The molecule has 0 aliphatic rings. The van der Waals surface area contributed by atoms with Gasteiger partial charge in [-0.25, -0.2) is 8.78 Å². The first kappa shape index (κ1) is 18.6. The van der Waals surface area contributed by atoms with Crippen LogP contribution in [0, 0.1) is 17.6 Å². The highest BCUT2D eigenvalue weighted by Gasteiger charge is 2.21. The van der Waals surface area contributed by atoms with Crippen molar-refractivity contribution in [2.24, 2.45) is 5.92 Å². The Labute approximate surface area is 145 Å². The Bertz CT molecular complexity index is 765. The molecular weight excluding hydrogens is 326 g/mol. The molecule has 0 saturated heterocycles. The van der Waals surface area contributed by atoms with E-state index in [1.165, 1.54) is 31.2 Å². The van der Waals surface area contributed by atoms with Crippen molar-refractivity contribution in [3.8, 4) is 0 Å². The SMILES string of the molecule is CC(Cc1ccccc1F)C(=O)NC(C)C(=O)Nc1ccccc1F. The number of carbonyl (C=O) groups excluding carboxylic acids is 2. The van der Waals surface area contributed by atoms with E-state index in [0.29, 0.717) is 5.56 Å². The molecule has 4 nitrogen and oxygen atoms in total. The molecule has 0 aliphatic carbocycles. The molecule has 0 aliphatic heterocycles. The van der Waals surface area contributed by atoms with Gasteiger partial charge in [0.1, 0.15) is 17.7 Å². The number of benzene rings is 2. The van der Waals surface area contributed by atoms with Crippen LogP contribution in [0.1, 0.15) is 19.4 Å². The fraction of sp³-hybridized carbons (Fsp3) is 0.263. The minimum absolute atomic E-state index is 0.0491. The highest BCUT2D eigenvalue weighted by atomic mass is 19.1. The molecule has 2 amide bonds. The number of amides is 2. The van der Waals surface area contributed by atoms with Gasteiger partial charge in [0, 0.05) is 5.92 Å². The van der Waals surface area contributed by atoms with Crippen molar-refractivity contribution in [1.82, 2.24) is 5.32 Å². The minimum atomic E-state index is -0.852. The van der Waals surface area contributed by atoms with Crippen LogP contribution >= 0.6 is 0 Å². The summed E-state index contributed by atoms with van der Waals surface area (Å²) in [6, 6.07) is 11.2. The lowest BCUT2D eigenvalue weighted by molar-refractivity contribution is -0.128. The Morgan fingerprint density at radius 2 is 1.52 bits per heavy atom. The van der Waals surface area contributed by atoms with Crippen molar-refractivity contribution in [3.63, 3.8) is 0 Å². The number of para-hydroxylation sites is 1. The first-order chi connectivity index (χ1) is 11.9. The van der Waals surface area contributed by atoms with Gasteiger partial charge in [-0.3, -0.25) is 9.59 Å². The van der Waals surface area contributed by atoms with Crippen LogP contribution in [0.2, 0.25) is 0 Å². The molecule has 132 valence electrons. The van der Waals surface area contributed by atoms with Gasteiger partial charge in [0.15, 0.2) is 0 Å². The Morgan fingerprint density at radius 3 is 2.16 bits per heavy atom. The van der Waals surface area contributed by atoms with E-state index in [4.69, 9.17) is 0 Å². The normalized spacial score (nSPS) is 13.0. The third-order valence-corrected chi connectivity index (χ3v) is 3.82. The Kier molecular flexibility index (Phi) is 6.22. The second-order valence-electron chi connectivity index (χ2n) is 5.90. The predicted octanol–water partition coefficient (Wildman–Crippen LogP) is 3.29. The van der Waals surface area contributed by atoms with Gasteiger partial charge in [-0.1, -0.05) is 37.3 Å². The van der Waals surface area contributed by atoms with E-state index >= 15 is 0 Å². The summed E-state index contributed by atoms with van der Waals surface area (Å²) in [7, 11) is 0. The van der Waals surface area contributed by atoms with Crippen LogP contribution in [0.3, 0.4) is 0 Å². The fourth-order valence-corrected chi connectivity index (χ4v) is 2.31. The molecule has 0 bridgehead atoms. The fourth-order valence-electron chi connectivity index (χ4n) is 2.31. The number of halogens is 2. The third-order valence-electron chi connectivity index (χ3n) is 3.82. The molecule has 2 unspecified atom stereocenters. The van der Waals surface area contributed by atoms with Gasteiger partial charge in [0.05, 0.1) is 5.69 Å². The van der Waals surface area contributed by atoms with E-state index in [0.717, 1.165) is 0 Å². The number of nitrogens with one attached hydrogen (secondary N) is 2. The molecule has 0 heterocycles. The summed E-state index contributed by atoms with van der Waals surface area (Å²) in [5, 5.41) is 4.99.